The molecule has 0 amide bonds. The van der Waals surface area contributed by atoms with Crippen molar-refractivity contribution < 1.29 is 14.3 Å². The van der Waals surface area contributed by atoms with Crippen LogP contribution in [-0.2, 0) is 9.53 Å². The van der Waals surface area contributed by atoms with Crippen molar-refractivity contribution >= 4 is 17.4 Å². The Bertz CT molecular complexity index is 718. The van der Waals surface area contributed by atoms with Crippen LogP contribution >= 0.6 is 0 Å². The number of Topliss-reactive ketones (excluding diaryl/α,β-unsaturated/α-hetero) is 1. The first-order valence-electron chi connectivity index (χ1n) is 5.74. The molecule has 0 N–H and O–H groups in total. The van der Waals surface area contributed by atoms with Gasteiger partial charge < -0.3 is 4.74 Å². The Hall–Kier alpha value is -2.50. The molecule has 0 aliphatic heterocycles. The summed E-state index contributed by atoms with van der Waals surface area (Å²) >= 11 is 0. The molecule has 2 aromatic heterocycles. The predicted molar refractivity (Wildman–Crippen MR) is 67.2 cm³/mol. The number of aryl methyl sites for hydroxylation is 1. The van der Waals surface area contributed by atoms with E-state index in [0.717, 1.165) is 11.8 Å². The number of ketones is 1. The zero-order valence-corrected chi connectivity index (χ0v) is 10.5. The average molecular weight is 260 g/mol. The topological polar surface area (TPSA) is 77.7 Å². The van der Waals surface area contributed by atoms with Crippen molar-refractivity contribution in [3.8, 4) is 0 Å². The van der Waals surface area contributed by atoms with Crippen LogP contribution in [0.1, 0.15) is 22.8 Å². The summed E-state index contributed by atoms with van der Waals surface area (Å²) in [5.74, 6) is -2.02. The molecule has 0 aliphatic carbocycles. The van der Waals surface area contributed by atoms with Crippen LogP contribution in [-0.4, -0.2) is 27.7 Å². The van der Waals surface area contributed by atoms with Crippen molar-refractivity contribution in [3.05, 3.63) is 46.0 Å². The van der Waals surface area contributed by atoms with E-state index in [1.807, 2.05) is 6.92 Å². The predicted octanol–water partition coefficient (Wildman–Crippen LogP) is 0.749. The second-order valence-corrected chi connectivity index (χ2v) is 3.96. The molecule has 0 aromatic carbocycles. The maximum absolute atomic E-state index is 12.1. The van der Waals surface area contributed by atoms with Crippen molar-refractivity contribution in [3.63, 3.8) is 0 Å². The number of nitrogens with zero attached hydrogens (tertiary/aromatic N) is 2. The Kier molecular flexibility index (Phi) is 3.41. The third-order valence-corrected chi connectivity index (χ3v) is 2.56. The molecule has 0 saturated carbocycles. The van der Waals surface area contributed by atoms with Gasteiger partial charge in [-0.1, -0.05) is 6.07 Å². The fourth-order valence-electron chi connectivity index (χ4n) is 1.65. The van der Waals surface area contributed by atoms with Crippen molar-refractivity contribution in [1.29, 1.82) is 0 Å². The number of pyridine rings is 1. The van der Waals surface area contributed by atoms with Gasteiger partial charge in [0.1, 0.15) is 11.2 Å². The number of carbonyl (C=O) groups is 2. The number of rotatable bonds is 3. The highest BCUT2D eigenvalue weighted by molar-refractivity contribution is 6.40. The summed E-state index contributed by atoms with van der Waals surface area (Å²) in [4.78, 5) is 39.2. The van der Waals surface area contributed by atoms with Gasteiger partial charge in [-0.05, 0) is 25.5 Å². The van der Waals surface area contributed by atoms with Crippen LogP contribution in [0.5, 0.6) is 0 Å². The first kappa shape index (κ1) is 12.9. The first-order valence-corrected chi connectivity index (χ1v) is 5.74. The van der Waals surface area contributed by atoms with E-state index < -0.39 is 17.3 Å². The van der Waals surface area contributed by atoms with Crippen molar-refractivity contribution in [2.75, 3.05) is 6.61 Å². The molecule has 0 fully saturated rings. The Labute approximate surface area is 108 Å². The lowest BCUT2D eigenvalue weighted by Gasteiger charge is -2.04. The van der Waals surface area contributed by atoms with Crippen LogP contribution in [0, 0.1) is 6.92 Å². The molecule has 0 atom stereocenters. The molecule has 6 nitrogen and oxygen atoms in total. The Balaban J connectivity index is 2.57. The molecule has 2 aromatic rings. The van der Waals surface area contributed by atoms with Crippen LogP contribution in [0.2, 0.25) is 0 Å². The van der Waals surface area contributed by atoms with Gasteiger partial charge in [-0.2, -0.15) is 0 Å². The van der Waals surface area contributed by atoms with Gasteiger partial charge in [0.2, 0.25) is 0 Å². The van der Waals surface area contributed by atoms with Crippen LogP contribution in [0.4, 0.5) is 0 Å². The van der Waals surface area contributed by atoms with Gasteiger partial charge >= 0.3 is 5.97 Å². The third kappa shape index (κ3) is 2.37. The number of hydrogen-bond acceptors (Lipinski definition) is 5. The van der Waals surface area contributed by atoms with Crippen molar-refractivity contribution in [2.45, 2.75) is 13.8 Å². The SMILES string of the molecule is CCOC(=O)C(=O)c1cnc2ccc(C)cn2c1=O. The van der Waals surface area contributed by atoms with Crippen LogP contribution in [0.15, 0.2) is 29.3 Å². The zero-order chi connectivity index (χ0) is 14.0. The van der Waals surface area contributed by atoms with Crippen LogP contribution < -0.4 is 5.56 Å². The Morgan fingerprint density at radius 3 is 2.79 bits per heavy atom. The molecule has 6 heteroatoms. The Morgan fingerprint density at radius 2 is 2.11 bits per heavy atom. The summed E-state index contributed by atoms with van der Waals surface area (Å²) in [6.07, 6.45) is 2.67. The highest BCUT2D eigenvalue weighted by Gasteiger charge is 2.22. The van der Waals surface area contributed by atoms with Gasteiger partial charge in [0, 0.05) is 12.4 Å². The number of ether oxygens (including phenoxy) is 1. The van der Waals surface area contributed by atoms with E-state index in [1.165, 1.54) is 4.40 Å². The van der Waals surface area contributed by atoms with E-state index in [9.17, 15) is 14.4 Å². The molecule has 2 rings (SSSR count). The molecule has 19 heavy (non-hydrogen) atoms. The minimum Gasteiger partial charge on any atom is -0.460 e. The number of fused-ring (bicyclic) bond motifs is 1. The second kappa shape index (κ2) is 5.01. The minimum absolute atomic E-state index is 0.0754. The molecular formula is C13H12N2O4. The van der Waals surface area contributed by atoms with Crippen LogP contribution in [0.25, 0.3) is 5.65 Å². The van der Waals surface area contributed by atoms with E-state index in [0.29, 0.717) is 5.65 Å². The number of hydrogen-bond donors (Lipinski definition) is 0. The molecule has 2 heterocycles. The van der Waals surface area contributed by atoms with Crippen molar-refractivity contribution in [2.24, 2.45) is 0 Å². The fourth-order valence-corrected chi connectivity index (χ4v) is 1.65. The number of esters is 1. The Morgan fingerprint density at radius 1 is 1.37 bits per heavy atom. The summed E-state index contributed by atoms with van der Waals surface area (Å²) in [7, 11) is 0. The normalized spacial score (nSPS) is 10.4. The van der Waals surface area contributed by atoms with Gasteiger partial charge in [-0.25, -0.2) is 9.78 Å². The van der Waals surface area contributed by atoms with E-state index in [-0.39, 0.29) is 12.2 Å². The highest BCUT2D eigenvalue weighted by Crippen LogP contribution is 2.02. The maximum atomic E-state index is 12.1. The van der Waals surface area contributed by atoms with Crippen LogP contribution in [0.3, 0.4) is 0 Å². The largest absolute Gasteiger partial charge is 0.460 e. The van der Waals surface area contributed by atoms with Gasteiger partial charge in [0.25, 0.3) is 11.3 Å². The molecule has 0 radical (unpaired) electrons. The summed E-state index contributed by atoms with van der Waals surface area (Å²) in [5.41, 5.74) is 0.390. The van der Waals surface area contributed by atoms with Gasteiger partial charge in [0.05, 0.1) is 6.61 Å². The molecule has 0 aliphatic rings. The molecule has 0 bridgehead atoms. The standard InChI is InChI=1S/C13H12N2O4/c1-3-19-13(18)11(16)9-6-14-10-5-4-8(2)7-15(10)12(9)17/h4-7H,3H2,1-2H3. The molecule has 0 spiro atoms. The lowest BCUT2D eigenvalue weighted by molar-refractivity contribution is -0.137. The average Bonchev–Trinajstić information content (AvgIpc) is 2.39. The summed E-state index contributed by atoms with van der Waals surface area (Å²) < 4.78 is 5.82. The second-order valence-electron chi connectivity index (χ2n) is 3.96. The summed E-state index contributed by atoms with van der Waals surface area (Å²) in [6, 6.07) is 3.46. The smallest absolute Gasteiger partial charge is 0.379 e. The maximum Gasteiger partial charge on any atom is 0.379 e. The lowest BCUT2D eigenvalue weighted by atomic mass is 10.2. The van der Waals surface area contributed by atoms with E-state index in [4.69, 9.17) is 0 Å². The van der Waals surface area contributed by atoms with Gasteiger partial charge in [-0.3, -0.25) is 14.0 Å². The van der Waals surface area contributed by atoms with Gasteiger partial charge in [-0.15, -0.1) is 0 Å². The minimum atomic E-state index is -1.05. The molecule has 98 valence electrons. The van der Waals surface area contributed by atoms with E-state index >= 15 is 0 Å². The molecule has 0 unspecified atom stereocenters. The highest BCUT2D eigenvalue weighted by atomic mass is 16.5. The van der Waals surface area contributed by atoms with Crippen molar-refractivity contribution in [1.82, 2.24) is 9.38 Å². The van der Waals surface area contributed by atoms with Gasteiger partial charge in [0.15, 0.2) is 0 Å². The number of aromatic nitrogens is 2. The van der Waals surface area contributed by atoms with E-state index in [2.05, 4.69) is 9.72 Å². The zero-order valence-electron chi connectivity index (χ0n) is 10.5. The fraction of sp³-hybridized carbons (Fsp3) is 0.231. The molecule has 0 saturated heterocycles. The van der Waals surface area contributed by atoms with E-state index in [1.54, 1.807) is 25.3 Å². The lowest BCUT2D eigenvalue weighted by Crippen LogP contribution is -2.28. The quantitative estimate of drug-likeness (QED) is 0.462. The number of carbonyl (C=O) groups excluding carboxylic acids is 2. The monoisotopic (exact) mass is 260 g/mol. The first-order chi connectivity index (χ1) is 9.04. The molecular weight excluding hydrogens is 248 g/mol. The third-order valence-electron chi connectivity index (χ3n) is 2.56. The summed E-state index contributed by atoms with van der Waals surface area (Å²) in [5, 5.41) is 0. The summed E-state index contributed by atoms with van der Waals surface area (Å²) in [6.45, 7) is 3.47.